The Morgan fingerprint density at radius 2 is 2.06 bits per heavy atom. The highest BCUT2D eigenvalue weighted by Gasteiger charge is 2.20. The van der Waals surface area contributed by atoms with Crippen LogP contribution < -0.4 is 5.32 Å². The van der Waals surface area contributed by atoms with Crippen molar-refractivity contribution in [3.63, 3.8) is 0 Å². The molecule has 0 aliphatic carbocycles. The summed E-state index contributed by atoms with van der Waals surface area (Å²) >= 11 is 0. The molecule has 0 unspecified atom stereocenters. The molecule has 0 aromatic heterocycles. The van der Waals surface area contributed by atoms with Gasteiger partial charge in [-0.1, -0.05) is 0 Å². The van der Waals surface area contributed by atoms with E-state index in [9.17, 15) is 4.79 Å². The van der Waals surface area contributed by atoms with Gasteiger partial charge in [0.2, 0.25) is 5.91 Å². The largest absolute Gasteiger partial charge is 0.395 e. The molecule has 1 saturated heterocycles. The molecule has 1 amide bonds. The lowest BCUT2D eigenvalue weighted by Gasteiger charge is -2.31. The quantitative estimate of drug-likeness (QED) is 0.643. The maximum Gasteiger partial charge on any atom is 0.237 e. The summed E-state index contributed by atoms with van der Waals surface area (Å²) in [6, 6.07) is 0.155. The standard InChI is InChI=1S/C11H23N3O2/c1-10(2)14(7-8-15)11(16)9-13-5-3-12-4-6-13/h10,12,15H,3-9H2,1-2H3. The van der Waals surface area contributed by atoms with E-state index in [1.54, 1.807) is 4.90 Å². The fourth-order valence-corrected chi connectivity index (χ4v) is 1.93. The van der Waals surface area contributed by atoms with Gasteiger partial charge in [-0.2, -0.15) is 0 Å². The first-order chi connectivity index (χ1) is 7.65. The Bertz CT molecular complexity index is 215. The van der Waals surface area contributed by atoms with Gasteiger partial charge in [-0.3, -0.25) is 9.69 Å². The maximum atomic E-state index is 12.0. The molecule has 94 valence electrons. The molecule has 1 aliphatic rings. The number of nitrogens with zero attached hydrogens (tertiary/aromatic N) is 2. The first kappa shape index (κ1) is 13.4. The van der Waals surface area contributed by atoms with Crippen LogP contribution in [-0.4, -0.2) is 72.7 Å². The molecule has 0 radical (unpaired) electrons. The number of rotatable bonds is 5. The van der Waals surface area contributed by atoms with Gasteiger partial charge in [-0.25, -0.2) is 0 Å². The van der Waals surface area contributed by atoms with Crippen LogP contribution in [0.2, 0.25) is 0 Å². The minimum atomic E-state index is 0.0332. The van der Waals surface area contributed by atoms with Crippen LogP contribution >= 0.6 is 0 Å². The van der Waals surface area contributed by atoms with E-state index in [2.05, 4.69) is 10.2 Å². The van der Waals surface area contributed by atoms with Crippen molar-refractivity contribution in [1.82, 2.24) is 15.1 Å². The zero-order valence-corrected chi connectivity index (χ0v) is 10.3. The Balaban J connectivity index is 2.40. The Labute approximate surface area is 97.4 Å². The molecule has 1 fully saturated rings. The average Bonchev–Trinajstić information content (AvgIpc) is 2.26. The van der Waals surface area contributed by atoms with Gasteiger partial charge in [0.25, 0.3) is 0 Å². The fourth-order valence-electron chi connectivity index (χ4n) is 1.93. The van der Waals surface area contributed by atoms with Gasteiger partial charge in [0.1, 0.15) is 0 Å². The van der Waals surface area contributed by atoms with Gasteiger partial charge in [-0.15, -0.1) is 0 Å². The van der Waals surface area contributed by atoms with Crippen LogP contribution in [0.25, 0.3) is 0 Å². The zero-order valence-electron chi connectivity index (χ0n) is 10.3. The summed E-state index contributed by atoms with van der Waals surface area (Å²) in [5, 5.41) is 12.2. The predicted octanol–water partition coefficient (Wildman–Crippen LogP) is -0.879. The average molecular weight is 229 g/mol. The third-order valence-electron chi connectivity index (χ3n) is 2.85. The topological polar surface area (TPSA) is 55.8 Å². The van der Waals surface area contributed by atoms with Gasteiger partial charge in [0.15, 0.2) is 0 Å². The third-order valence-corrected chi connectivity index (χ3v) is 2.85. The van der Waals surface area contributed by atoms with Crippen LogP contribution in [-0.2, 0) is 4.79 Å². The van der Waals surface area contributed by atoms with E-state index in [4.69, 9.17) is 5.11 Å². The lowest BCUT2D eigenvalue weighted by molar-refractivity contribution is -0.134. The Morgan fingerprint density at radius 3 is 2.56 bits per heavy atom. The van der Waals surface area contributed by atoms with Crippen LogP contribution in [0, 0.1) is 0 Å². The molecule has 5 nitrogen and oxygen atoms in total. The summed E-state index contributed by atoms with van der Waals surface area (Å²) < 4.78 is 0. The molecular formula is C11H23N3O2. The number of piperazine rings is 1. The molecule has 5 heteroatoms. The van der Waals surface area contributed by atoms with E-state index in [-0.39, 0.29) is 18.6 Å². The van der Waals surface area contributed by atoms with Crippen molar-refractivity contribution >= 4 is 5.91 Å². The van der Waals surface area contributed by atoms with E-state index < -0.39 is 0 Å². The second-order valence-electron chi connectivity index (χ2n) is 4.43. The van der Waals surface area contributed by atoms with Crippen molar-refractivity contribution in [1.29, 1.82) is 0 Å². The van der Waals surface area contributed by atoms with Crippen molar-refractivity contribution in [2.75, 3.05) is 45.9 Å². The van der Waals surface area contributed by atoms with Crippen LogP contribution in [0.3, 0.4) is 0 Å². The minimum absolute atomic E-state index is 0.0332. The van der Waals surface area contributed by atoms with E-state index >= 15 is 0 Å². The first-order valence-corrected chi connectivity index (χ1v) is 5.98. The fraction of sp³-hybridized carbons (Fsp3) is 0.909. The minimum Gasteiger partial charge on any atom is -0.395 e. The third kappa shape index (κ3) is 4.08. The van der Waals surface area contributed by atoms with E-state index in [0.29, 0.717) is 13.1 Å². The number of amides is 1. The van der Waals surface area contributed by atoms with Gasteiger partial charge < -0.3 is 15.3 Å². The molecule has 2 N–H and O–H groups in total. The first-order valence-electron chi connectivity index (χ1n) is 5.98. The molecule has 0 aromatic carbocycles. The van der Waals surface area contributed by atoms with Crippen molar-refractivity contribution in [3.05, 3.63) is 0 Å². The summed E-state index contributed by atoms with van der Waals surface area (Å²) in [5.41, 5.74) is 0. The molecule has 0 aromatic rings. The summed E-state index contributed by atoms with van der Waals surface area (Å²) in [4.78, 5) is 15.9. The van der Waals surface area contributed by atoms with Crippen LogP contribution in [0.4, 0.5) is 0 Å². The molecule has 0 bridgehead atoms. The molecule has 16 heavy (non-hydrogen) atoms. The number of hydrogen-bond donors (Lipinski definition) is 2. The highest BCUT2D eigenvalue weighted by molar-refractivity contribution is 5.78. The highest BCUT2D eigenvalue weighted by Crippen LogP contribution is 2.01. The Hall–Kier alpha value is -0.650. The molecule has 1 aliphatic heterocycles. The number of carbonyl (C=O) groups excluding carboxylic acids is 1. The van der Waals surface area contributed by atoms with E-state index in [0.717, 1.165) is 26.2 Å². The normalized spacial score (nSPS) is 17.8. The summed E-state index contributed by atoms with van der Waals surface area (Å²) in [6.45, 7) is 8.65. The predicted molar refractivity (Wildman–Crippen MR) is 63.2 cm³/mol. The van der Waals surface area contributed by atoms with Gasteiger partial charge >= 0.3 is 0 Å². The van der Waals surface area contributed by atoms with Crippen LogP contribution in [0.15, 0.2) is 0 Å². The zero-order chi connectivity index (χ0) is 12.0. The Morgan fingerprint density at radius 1 is 1.44 bits per heavy atom. The van der Waals surface area contributed by atoms with Crippen LogP contribution in [0.1, 0.15) is 13.8 Å². The number of carbonyl (C=O) groups is 1. The van der Waals surface area contributed by atoms with Crippen LogP contribution in [0.5, 0.6) is 0 Å². The van der Waals surface area contributed by atoms with Gasteiger partial charge in [0.05, 0.1) is 13.2 Å². The summed E-state index contributed by atoms with van der Waals surface area (Å²) in [7, 11) is 0. The molecule has 1 rings (SSSR count). The smallest absolute Gasteiger partial charge is 0.237 e. The summed E-state index contributed by atoms with van der Waals surface area (Å²) in [5.74, 6) is 0.117. The van der Waals surface area contributed by atoms with E-state index in [1.165, 1.54) is 0 Å². The molecular weight excluding hydrogens is 206 g/mol. The molecule has 1 heterocycles. The van der Waals surface area contributed by atoms with E-state index in [1.807, 2.05) is 13.8 Å². The second kappa shape index (κ2) is 6.83. The van der Waals surface area contributed by atoms with Crippen molar-refractivity contribution in [2.45, 2.75) is 19.9 Å². The second-order valence-corrected chi connectivity index (χ2v) is 4.43. The lowest BCUT2D eigenvalue weighted by atomic mass is 10.3. The van der Waals surface area contributed by atoms with Crippen molar-refractivity contribution in [3.8, 4) is 0 Å². The molecule has 0 saturated carbocycles. The van der Waals surface area contributed by atoms with Crippen molar-refractivity contribution < 1.29 is 9.90 Å². The number of aliphatic hydroxyl groups excluding tert-OH is 1. The summed E-state index contributed by atoms with van der Waals surface area (Å²) in [6.07, 6.45) is 0. The maximum absolute atomic E-state index is 12.0. The Kier molecular flexibility index (Phi) is 5.73. The monoisotopic (exact) mass is 229 g/mol. The molecule has 0 atom stereocenters. The number of hydrogen-bond acceptors (Lipinski definition) is 4. The van der Waals surface area contributed by atoms with Crippen molar-refractivity contribution in [2.24, 2.45) is 0 Å². The van der Waals surface area contributed by atoms with Gasteiger partial charge in [0, 0.05) is 38.8 Å². The number of aliphatic hydroxyl groups is 1. The SMILES string of the molecule is CC(C)N(CCO)C(=O)CN1CCNCC1. The lowest BCUT2D eigenvalue weighted by Crippen LogP contribution is -2.50. The van der Waals surface area contributed by atoms with Gasteiger partial charge in [-0.05, 0) is 13.8 Å². The molecule has 0 spiro atoms. The highest BCUT2D eigenvalue weighted by atomic mass is 16.3. The number of nitrogens with one attached hydrogen (secondary N) is 1.